The monoisotopic (exact) mass is 564 g/mol. The molecular weight excluding hydrogens is 516 g/mol. The first kappa shape index (κ1) is 30.3. The van der Waals surface area contributed by atoms with Crippen LogP contribution in [-0.2, 0) is 14.0 Å². The van der Waals surface area contributed by atoms with Gasteiger partial charge < -0.3 is 19.4 Å². The maximum absolute atomic E-state index is 13.7. The van der Waals surface area contributed by atoms with Crippen molar-refractivity contribution in [2.75, 3.05) is 19.7 Å². The summed E-state index contributed by atoms with van der Waals surface area (Å²) >= 11 is 0. The van der Waals surface area contributed by atoms with Gasteiger partial charge in [-0.25, -0.2) is 4.79 Å². The lowest BCUT2D eigenvalue weighted by Gasteiger charge is -2.44. The third kappa shape index (κ3) is 6.80. The molecule has 1 aliphatic heterocycles. The molecule has 1 aliphatic carbocycles. The SMILES string of the molecule is CC(C)(C)OC(=O)NCC[C@H](CO[Si](c1ccccc1)(c1ccccc1)C(C)(C)C)N1C[C@H]2CCCC[C@H]2C1=O. The van der Waals surface area contributed by atoms with Gasteiger partial charge in [0.2, 0.25) is 5.91 Å². The van der Waals surface area contributed by atoms with Crippen LogP contribution in [0.3, 0.4) is 0 Å². The van der Waals surface area contributed by atoms with E-state index in [1.165, 1.54) is 16.8 Å². The Bertz CT molecular complexity index is 1090. The van der Waals surface area contributed by atoms with Crippen LogP contribution in [-0.4, -0.2) is 56.6 Å². The average Bonchev–Trinajstić information content (AvgIpc) is 3.23. The van der Waals surface area contributed by atoms with E-state index in [1.807, 2.05) is 32.9 Å². The van der Waals surface area contributed by atoms with Crippen LogP contribution in [0.15, 0.2) is 60.7 Å². The van der Waals surface area contributed by atoms with E-state index in [0.29, 0.717) is 25.5 Å². The summed E-state index contributed by atoms with van der Waals surface area (Å²) in [7, 11) is -2.77. The molecule has 1 saturated carbocycles. The number of likely N-dealkylation sites (tertiary alicyclic amines) is 1. The second-order valence-corrected chi connectivity index (χ2v) is 17.8. The summed E-state index contributed by atoms with van der Waals surface area (Å²) in [6.45, 7) is 14.0. The number of nitrogens with zero attached hydrogens (tertiary/aromatic N) is 1. The summed E-state index contributed by atoms with van der Waals surface area (Å²) in [5, 5.41) is 5.21. The van der Waals surface area contributed by atoms with Gasteiger partial charge in [0.1, 0.15) is 5.60 Å². The zero-order valence-electron chi connectivity index (χ0n) is 25.2. The molecule has 2 aromatic carbocycles. The van der Waals surface area contributed by atoms with E-state index in [0.717, 1.165) is 25.8 Å². The van der Waals surface area contributed by atoms with Crippen LogP contribution in [0.1, 0.15) is 73.6 Å². The Morgan fingerprint density at radius 1 is 0.950 bits per heavy atom. The van der Waals surface area contributed by atoms with Gasteiger partial charge in [-0.3, -0.25) is 4.79 Å². The maximum atomic E-state index is 13.7. The van der Waals surface area contributed by atoms with Gasteiger partial charge in [-0.2, -0.15) is 0 Å². The van der Waals surface area contributed by atoms with Gasteiger partial charge in [0.25, 0.3) is 8.32 Å². The average molecular weight is 565 g/mol. The predicted molar refractivity (Wildman–Crippen MR) is 163 cm³/mol. The first-order valence-corrected chi connectivity index (χ1v) is 16.9. The van der Waals surface area contributed by atoms with Crippen LogP contribution < -0.4 is 15.7 Å². The van der Waals surface area contributed by atoms with Gasteiger partial charge >= 0.3 is 6.09 Å². The minimum atomic E-state index is -2.77. The molecule has 0 radical (unpaired) electrons. The number of hydrogen-bond donors (Lipinski definition) is 1. The lowest BCUT2D eigenvalue weighted by Crippen LogP contribution is -2.67. The second kappa shape index (κ2) is 12.5. The molecule has 4 rings (SSSR count). The molecule has 7 heteroatoms. The Labute approximate surface area is 242 Å². The van der Waals surface area contributed by atoms with E-state index in [-0.39, 0.29) is 22.9 Å². The van der Waals surface area contributed by atoms with E-state index >= 15 is 0 Å². The summed E-state index contributed by atoms with van der Waals surface area (Å²) in [5.41, 5.74) is -0.559. The largest absolute Gasteiger partial charge is 0.444 e. The highest BCUT2D eigenvalue weighted by atomic mass is 28.4. The fourth-order valence-electron chi connectivity index (χ4n) is 6.60. The molecular formula is C33H48N2O4Si. The molecule has 40 heavy (non-hydrogen) atoms. The van der Waals surface area contributed by atoms with Crippen LogP contribution in [0.25, 0.3) is 0 Å². The fraction of sp³-hybridized carbons (Fsp3) is 0.576. The maximum Gasteiger partial charge on any atom is 0.407 e. The number of nitrogens with one attached hydrogen (secondary N) is 1. The fourth-order valence-corrected chi connectivity index (χ4v) is 11.2. The highest BCUT2D eigenvalue weighted by Gasteiger charge is 2.51. The van der Waals surface area contributed by atoms with Crippen molar-refractivity contribution in [1.82, 2.24) is 10.2 Å². The molecule has 6 nitrogen and oxygen atoms in total. The molecule has 0 unspecified atom stereocenters. The normalized spacial score (nSPS) is 20.6. The number of carbonyl (C=O) groups is 2. The number of benzene rings is 2. The van der Waals surface area contributed by atoms with Crippen LogP contribution in [0, 0.1) is 11.8 Å². The van der Waals surface area contributed by atoms with E-state index in [9.17, 15) is 9.59 Å². The minimum Gasteiger partial charge on any atom is -0.444 e. The molecule has 1 heterocycles. The number of ether oxygens (including phenoxy) is 1. The Hall–Kier alpha value is -2.64. The summed E-state index contributed by atoms with van der Waals surface area (Å²) in [5.74, 6) is 0.816. The standard InChI is InChI=1S/C33H48N2O4Si/c1-32(2,3)39-31(37)34-22-21-26(35-23-25-15-13-14-20-29(25)30(35)36)24-38-40(33(4,5)6,27-16-9-7-10-17-27)28-18-11-8-12-19-28/h7-12,16-19,25-26,29H,13-15,20-24H2,1-6H3,(H,34,37)/t25-,26-,29-/m1/s1. The van der Waals surface area contributed by atoms with Gasteiger partial charge in [0, 0.05) is 19.0 Å². The van der Waals surface area contributed by atoms with Gasteiger partial charge in [0.05, 0.1) is 12.6 Å². The summed E-state index contributed by atoms with van der Waals surface area (Å²) in [6.07, 6.45) is 4.61. The quantitative estimate of drug-likeness (QED) is 0.409. The van der Waals surface area contributed by atoms with Crippen molar-refractivity contribution in [2.45, 2.75) is 90.3 Å². The van der Waals surface area contributed by atoms with Crippen molar-refractivity contribution >= 4 is 30.7 Å². The Kier molecular flexibility index (Phi) is 9.46. The highest BCUT2D eigenvalue weighted by molar-refractivity contribution is 6.99. The summed E-state index contributed by atoms with van der Waals surface area (Å²) < 4.78 is 12.7. The van der Waals surface area contributed by atoms with Crippen molar-refractivity contribution in [1.29, 1.82) is 0 Å². The van der Waals surface area contributed by atoms with Crippen LogP contribution in [0.5, 0.6) is 0 Å². The molecule has 2 amide bonds. The molecule has 2 fully saturated rings. The smallest absolute Gasteiger partial charge is 0.407 e. The summed E-state index contributed by atoms with van der Waals surface area (Å²) in [6, 6.07) is 21.1. The number of alkyl carbamates (subject to hydrolysis) is 1. The number of amides is 2. The molecule has 218 valence electrons. The Morgan fingerprint density at radius 3 is 2.05 bits per heavy atom. The zero-order chi connectivity index (χ0) is 29.0. The lowest BCUT2D eigenvalue weighted by molar-refractivity contribution is -0.134. The van der Waals surface area contributed by atoms with Gasteiger partial charge in [0.15, 0.2) is 0 Å². The first-order chi connectivity index (χ1) is 18.9. The molecule has 0 spiro atoms. The Balaban J connectivity index is 1.63. The van der Waals surface area contributed by atoms with E-state index in [2.05, 4.69) is 79.5 Å². The minimum absolute atomic E-state index is 0.128. The second-order valence-electron chi connectivity index (χ2n) is 13.5. The molecule has 2 aromatic rings. The molecule has 1 N–H and O–H groups in total. The summed E-state index contributed by atoms with van der Waals surface area (Å²) in [4.78, 5) is 28.2. The molecule has 1 saturated heterocycles. The molecule has 0 bridgehead atoms. The molecule has 3 atom stereocenters. The van der Waals surface area contributed by atoms with Crippen molar-refractivity contribution in [3.63, 3.8) is 0 Å². The topological polar surface area (TPSA) is 67.9 Å². The van der Waals surface area contributed by atoms with Crippen LogP contribution in [0.2, 0.25) is 5.04 Å². The van der Waals surface area contributed by atoms with Crippen molar-refractivity contribution in [2.24, 2.45) is 11.8 Å². The first-order valence-electron chi connectivity index (χ1n) is 14.9. The molecule has 0 aromatic heterocycles. The number of rotatable bonds is 9. The van der Waals surface area contributed by atoms with Crippen molar-refractivity contribution in [3.05, 3.63) is 60.7 Å². The van der Waals surface area contributed by atoms with Crippen molar-refractivity contribution < 1.29 is 18.8 Å². The van der Waals surface area contributed by atoms with E-state index < -0.39 is 20.0 Å². The number of fused-ring (bicyclic) bond motifs is 1. The van der Waals surface area contributed by atoms with E-state index in [4.69, 9.17) is 9.16 Å². The van der Waals surface area contributed by atoms with Gasteiger partial charge in [-0.05, 0) is 61.4 Å². The van der Waals surface area contributed by atoms with Crippen LogP contribution >= 0.6 is 0 Å². The van der Waals surface area contributed by atoms with Gasteiger partial charge in [-0.1, -0.05) is 94.3 Å². The number of hydrogen-bond acceptors (Lipinski definition) is 4. The van der Waals surface area contributed by atoms with Gasteiger partial charge in [-0.15, -0.1) is 0 Å². The zero-order valence-corrected chi connectivity index (χ0v) is 26.2. The van der Waals surface area contributed by atoms with E-state index in [1.54, 1.807) is 0 Å². The van der Waals surface area contributed by atoms with Crippen LogP contribution in [0.4, 0.5) is 4.79 Å². The third-order valence-corrected chi connectivity index (χ3v) is 13.4. The Morgan fingerprint density at radius 2 is 1.52 bits per heavy atom. The third-order valence-electron chi connectivity index (χ3n) is 8.44. The highest BCUT2D eigenvalue weighted by Crippen LogP contribution is 2.40. The predicted octanol–water partition coefficient (Wildman–Crippen LogP) is 5.50. The number of carbonyl (C=O) groups excluding carboxylic acids is 2. The van der Waals surface area contributed by atoms with Crippen molar-refractivity contribution in [3.8, 4) is 0 Å². The lowest BCUT2D eigenvalue weighted by atomic mass is 9.81. The molecule has 2 aliphatic rings.